The van der Waals surface area contributed by atoms with Gasteiger partial charge in [0.2, 0.25) is 10.0 Å². The van der Waals surface area contributed by atoms with E-state index in [1.54, 1.807) is 36.4 Å². The Kier molecular flexibility index (Phi) is 6.75. The van der Waals surface area contributed by atoms with E-state index in [0.29, 0.717) is 41.5 Å². The molecule has 0 saturated heterocycles. The van der Waals surface area contributed by atoms with Crippen LogP contribution in [0.2, 0.25) is 0 Å². The number of nitrogens with zero attached hydrogens (tertiary/aromatic N) is 1. The van der Waals surface area contributed by atoms with E-state index in [4.69, 9.17) is 4.74 Å². The van der Waals surface area contributed by atoms with Crippen LogP contribution in [0.25, 0.3) is 21.3 Å². The molecule has 1 saturated carbocycles. The highest BCUT2D eigenvalue weighted by atomic mass is 32.2. The van der Waals surface area contributed by atoms with Gasteiger partial charge in [-0.1, -0.05) is 36.4 Å². The predicted molar refractivity (Wildman–Crippen MR) is 141 cm³/mol. The normalized spacial score (nSPS) is 16.8. The topological polar surface area (TPSA) is 88.5 Å². The van der Waals surface area contributed by atoms with Crippen molar-refractivity contribution in [2.24, 2.45) is 0 Å². The molecule has 2 aromatic heterocycles. The fraction of sp³-hybridized carbons (Fsp3) is 0.296. The van der Waals surface area contributed by atoms with E-state index in [1.807, 2.05) is 12.1 Å². The molecule has 2 N–H and O–H groups in total. The molecule has 0 unspecified atom stereocenters. The van der Waals surface area contributed by atoms with Crippen molar-refractivity contribution >= 4 is 31.4 Å². The summed E-state index contributed by atoms with van der Waals surface area (Å²) in [5, 5.41) is 10.5. The Balaban J connectivity index is 1.63. The number of benzene rings is 2. The second-order valence-electron chi connectivity index (χ2n) is 9.41. The summed E-state index contributed by atoms with van der Waals surface area (Å²) in [6.45, 7) is 0.708. The van der Waals surface area contributed by atoms with Gasteiger partial charge < -0.3 is 9.84 Å². The molecule has 5 rings (SSSR count). The number of sulfonamides is 1. The number of aliphatic hydroxyl groups is 1. The number of para-hydroxylation sites is 1. The first-order valence-electron chi connectivity index (χ1n) is 11.8. The molecule has 1 fully saturated rings. The van der Waals surface area contributed by atoms with Crippen molar-refractivity contribution in [3.8, 4) is 17.0 Å². The Morgan fingerprint density at radius 1 is 1.11 bits per heavy atom. The number of fused-ring (bicyclic) bond motifs is 1. The summed E-state index contributed by atoms with van der Waals surface area (Å²) in [6.07, 6.45) is -2.42. The first-order valence-corrected chi connectivity index (χ1v) is 14.2. The molecule has 2 atom stereocenters. The lowest BCUT2D eigenvalue weighted by molar-refractivity contribution is -0.258. The summed E-state index contributed by atoms with van der Waals surface area (Å²) >= 11 is 1.33. The minimum absolute atomic E-state index is 0.262. The van der Waals surface area contributed by atoms with Gasteiger partial charge in [-0.3, -0.25) is 4.98 Å². The molecule has 1 aliphatic carbocycles. The maximum Gasteiger partial charge on any atom is 0.421 e. The molecule has 200 valence electrons. The number of rotatable bonds is 8. The quantitative estimate of drug-likeness (QED) is 0.279. The number of alkyl halides is 3. The first-order chi connectivity index (χ1) is 17.9. The molecular formula is C27H25F3N2O4S2. The molecule has 1 aliphatic rings. The zero-order valence-electron chi connectivity index (χ0n) is 20.5. The van der Waals surface area contributed by atoms with Crippen LogP contribution in [0.5, 0.6) is 5.75 Å². The number of pyridine rings is 1. The SMILES string of the molecule is COc1ccccc1[C@@H](NS(=O)(=O)C1CC1)c1cc2cccc(-c3cc([C@@](C)(O)C(F)(F)F)ccn3)c2s1. The lowest BCUT2D eigenvalue weighted by Crippen LogP contribution is -2.39. The molecule has 2 heterocycles. The Hall–Kier alpha value is -2.99. The van der Waals surface area contributed by atoms with E-state index < -0.39 is 33.1 Å². The third-order valence-corrected chi connectivity index (χ3v) is 9.86. The van der Waals surface area contributed by atoms with Gasteiger partial charge >= 0.3 is 6.18 Å². The zero-order valence-corrected chi connectivity index (χ0v) is 22.1. The Labute approximate surface area is 222 Å². The van der Waals surface area contributed by atoms with Crippen LogP contribution in [0.3, 0.4) is 0 Å². The molecule has 38 heavy (non-hydrogen) atoms. The van der Waals surface area contributed by atoms with Gasteiger partial charge in [-0.2, -0.15) is 13.2 Å². The Morgan fingerprint density at radius 2 is 1.84 bits per heavy atom. The van der Waals surface area contributed by atoms with Gasteiger partial charge in [0.05, 0.1) is 24.1 Å². The van der Waals surface area contributed by atoms with Crippen LogP contribution < -0.4 is 9.46 Å². The summed E-state index contributed by atoms with van der Waals surface area (Å²) in [7, 11) is -2.07. The summed E-state index contributed by atoms with van der Waals surface area (Å²) in [5.41, 5.74) is -1.89. The van der Waals surface area contributed by atoms with Crippen LogP contribution in [0.15, 0.2) is 66.9 Å². The van der Waals surface area contributed by atoms with Crippen LogP contribution in [0.4, 0.5) is 13.2 Å². The van der Waals surface area contributed by atoms with Gasteiger partial charge in [-0.05, 0) is 55.0 Å². The smallest absolute Gasteiger partial charge is 0.421 e. The van der Waals surface area contributed by atoms with E-state index in [0.717, 1.165) is 16.2 Å². The largest absolute Gasteiger partial charge is 0.496 e. The number of hydrogen-bond acceptors (Lipinski definition) is 6. The summed E-state index contributed by atoms with van der Waals surface area (Å²) in [4.78, 5) is 4.98. The monoisotopic (exact) mass is 562 g/mol. The maximum atomic E-state index is 13.5. The van der Waals surface area contributed by atoms with E-state index >= 15 is 0 Å². The van der Waals surface area contributed by atoms with Crippen LogP contribution in [0.1, 0.15) is 41.8 Å². The molecule has 6 nitrogen and oxygen atoms in total. The maximum absolute atomic E-state index is 13.5. The molecule has 0 radical (unpaired) electrons. The standard InChI is InChI=1S/C27H25F3N2O4S2/c1-26(33,27(28,29)30)17-12-13-31-21(15-17)19-8-5-6-16-14-23(37-25(16)19)24(32-38(34,35)18-10-11-18)20-7-3-4-9-22(20)36-2/h3-9,12-15,18,24,32-33H,10-11H2,1-2H3/t24-,26-/m1/s1. The molecule has 0 bridgehead atoms. The summed E-state index contributed by atoms with van der Waals surface area (Å²) < 4.78 is 75.5. The number of aromatic nitrogens is 1. The fourth-order valence-electron chi connectivity index (χ4n) is 4.29. The lowest BCUT2D eigenvalue weighted by atomic mass is 9.94. The van der Waals surface area contributed by atoms with E-state index in [9.17, 15) is 26.7 Å². The van der Waals surface area contributed by atoms with Gasteiger partial charge in [0, 0.05) is 26.9 Å². The molecule has 0 aliphatic heterocycles. The number of halogens is 3. The fourth-order valence-corrected chi connectivity index (χ4v) is 7.15. The average Bonchev–Trinajstić information content (AvgIpc) is 3.66. The van der Waals surface area contributed by atoms with Crippen LogP contribution >= 0.6 is 11.3 Å². The van der Waals surface area contributed by atoms with Gasteiger partial charge in [-0.25, -0.2) is 13.1 Å². The predicted octanol–water partition coefficient (Wildman–Crippen LogP) is 5.91. The highest BCUT2D eigenvalue weighted by Gasteiger charge is 2.51. The lowest BCUT2D eigenvalue weighted by Gasteiger charge is -2.26. The van der Waals surface area contributed by atoms with Crippen molar-refractivity contribution in [1.82, 2.24) is 9.71 Å². The third kappa shape index (κ3) is 4.91. The van der Waals surface area contributed by atoms with Crippen molar-refractivity contribution in [3.05, 3.63) is 82.9 Å². The van der Waals surface area contributed by atoms with E-state index in [-0.39, 0.29) is 11.3 Å². The third-order valence-electron chi connectivity index (χ3n) is 6.69. The van der Waals surface area contributed by atoms with Crippen molar-refractivity contribution in [3.63, 3.8) is 0 Å². The molecule has 0 spiro atoms. The van der Waals surface area contributed by atoms with E-state index in [2.05, 4.69) is 9.71 Å². The number of ether oxygens (including phenoxy) is 1. The molecule has 4 aromatic rings. The van der Waals surface area contributed by atoms with Crippen LogP contribution in [0, 0.1) is 0 Å². The molecule has 11 heteroatoms. The minimum Gasteiger partial charge on any atom is -0.496 e. The minimum atomic E-state index is -4.87. The molecular weight excluding hydrogens is 537 g/mol. The molecule has 0 amide bonds. The van der Waals surface area contributed by atoms with Gasteiger partial charge in [0.25, 0.3) is 0 Å². The summed E-state index contributed by atoms with van der Waals surface area (Å²) in [6, 6.07) is 16.0. The number of thiophene rings is 1. The van der Waals surface area contributed by atoms with E-state index in [1.165, 1.54) is 30.7 Å². The highest BCUT2D eigenvalue weighted by Crippen LogP contribution is 2.43. The Bertz CT molecular complexity index is 1600. The number of nitrogens with one attached hydrogen (secondary N) is 1. The highest BCUT2D eigenvalue weighted by molar-refractivity contribution is 7.90. The van der Waals surface area contributed by atoms with Crippen LogP contribution in [-0.2, 0) is 15.6 Å². The van der Waals surface area contributed by atoms with Crippen molar-refractivity contribution in [2.75, 3.05) is 7.11 Å². The second-order valence-corrected chi connectivity index (χ2v) is 12.5. The van der Waals surface area contributed by atoms with Gasteiger partial charge in [0.15, 0.2) is 5.60 Å². The Morgan fingerprint density at radius 3 is 2.53 bits per heavy atom. The van der Waals surface area contributed by atoms with Crippen molar-refractivity contribution in [1.29, 1.82) is 0 Å². The number of hydrogen-bond donors (Lipinski definition) is 2. The first kappa shape index (κ1) is 26.6. The van der Waals surface area contributed by atoms with Crippen molar-refractivity contribution in [2.45, 2.75) is 42.8 Å². The average molecular weight is 563 g/mol. The zero-order chi connectivity index (χ0) is 27.3. The van der Waals surface area contributed by atoms with Crippen molar-refractivity contribution < 1.29 is 31.4 Å². The van der Waals surface area contributed by atoms with Gasteiger partial charge in [-0.15, -0.1) is 11.3 Å². The summed E-state index contributed by atoms with van der Waals surface area (Å²) in [5.74, 6) is 0.525. The number of methoxy groups -OCH3 is 1. The molecule has 2 aromatic carbocycles. The van der Waals surface area contributed by atoms with Gasteiger partial charge in [0.1, 0.15) is 5.75 Å². The van der Waals surface area contributed by atoms with Crippen LogP contribution in [-0.4, -0.2) is 37.0 Å². The second kappa shape index (κ2) is 9.64.